The number of aromatic nitrogens is 3. The van der Waals surface area contributed by atoms with Crippen molar-refractivity contribution < 1.29 is 22.7 Å². The van der Waals surface area contributed by atoms with E-state index >= 15 is 0 Å². The molecule has 8 nitrogen and oxygen atoms in total. The van der Waals surface area contributed by atoms with Crippen molar-refractivity contribution in [2.75, 3.05) is 23.3 Å². The Morgan fingerprint density at radius 2 is 1.97 bits per heavy atom. The molecule has 3 aromatic rings. The first kappa shape index (κ1) is 26.0. The van der Waals surface area contributed by atoms with Crippen LogP contribution in [0.15, 0.2) is 30.5 Å². The number of halogens is 3. The summed E-state index contributed by atoms with van der Waals surface area (Å²) in [5, 5.41) is 6.90. The van der Waals surface area contributed by atoms with Gasteiger partial charge < -0.3 is 20.3 Å². The van der Waals surface area contributed by atoms with Gasteiger partial charge in [0.15, 0.2) is 0 Å². The third-order valence-corrected chi connectivity index (χ3v) is 7.01. The van der Waals surface area contributed by atoms with E-state index in [4.69, 9.17) is 4.74 Å². The minimum Gasteiger partial charge on any atom is -0.444 e. The molecule has 1 saturated heterocycles. The summed E-state index contributed by atoms with van der Waals surface area (Å²) >= 11 is 0. The number of carbonyl (C=O) groups excluding carboxylic acids is 1. The van der Waals surface area contributed by atoms with Crippen LogP contribution in [-0.2, 0) is 4.74 Å². The predicted octanol–water partition coefficient (Wildman–Crippen LogP) is 5.69. The van der Waals surface area contributed by atoms with E-state index < -0.39 is 35.5 Å². The highest BCUT2D eigenvalue weighted by Gasteiger charge is 2.61. The van der Waals surface area contributed by atoms with Crippen molar-refractivity contribution >= 4 is 28.6 Å². The Bertz CT molecular complexity index is 1400. The lowest BCUT2D eigenvalue weighted by molar-refractivity contribution is 0.0498. The van der Waals surface area contributed by atoms with E-state index in [1.54, 1.807) is 20.0 Å². The van der Waals surface area contributed by atoms with Gasteiger partial charge in [-0.05, 0) is 47.1 Å². The molecule has 2 N–H and O–H groups in total. The molecule has 2 aliphatic rings. The highest BCUT2D eigenvalue weighted by molar-refractivity contribution is 5.90. The number of amides is 1. The van der Waals surface area contributed by atoms with E-state index in [0.29, 0.717) is 40.8 Å². The maximum atomic E-state index is 14.8. The van der Waals surface area contributed by atoms with Gasteiger partial charge in [0.05, 0.1) is 28.9 Å². The van der Waals surface area contributed by atoms with Gasteiger partial charge in [0.25, 0.3) is 6.43 Å². The number of alkyl carbamates (subject to hydrolysis) is 1. The van der Waals surface area contributed by atoms with Gasteiger partial charge in [-0.15, -0.1) is 0 Å². The second-order valence-corrected chi connectivity index (χ2v) is 11.2. The Morgan fingerprint density at radius 1 is 1.24 bits per heavy atom. The van der Waals surface area contributed by atoms with Crippen molar-refractivity contribution in [1.82, 2.24) is 20.3 Å². The quantitative estimate of drug-likeness (QED) is 0.425. The molecule has 202 valence electrons. The van der Waals surface area contributed by atoms with E-state index in [0.717, 1.165) is 19.0 Å². The van der Waals surface area contributed by atoms with E-state index in [9.17, 15) is 18.0 Å². The topological polar surface area (TPSA) is 92.3 Å². The fourth-order valence-electron chi connectivity index (χ4n) is 5.13. The van der Waals surface area contributed by atoms with Gasteiger partial charge in [-0.2, -0.15) is 0 Å². The SMILES string of the molecule is Cc1nc(N[C@H](C)c2cccc(C(F)F)c2F)c2cc(N3CC4CC4(NC(=O)OC(C)(C)C)C3)ncc2n1. The van der Waals surface area contributed by atoms with Crippen molar-refractivity contribution in [3.8, 4) is 0 Å². The third-order valence-electron chi connectivity index (χ3n) is 7.01. The number of anilines is 2. The Balaban J connectivity index is 1.39. The van der Waals surface area contributed by atoms with Gasteiger partial charge in [0.1, 0.15) is 28.9 Å². The second-order valence-electron chi connectivity index (χ2n) is 11.2. The number of hydrogen-bond acceptors (Lipinski definition) is 7. The zero-order chi connectivity index (χ0) is 27.4. The highest BCUT2D eigenvalue weighted by Crippen LogP contribution is 2.50. The normalized spacial score (nSPS) is 21.4. The highest BCUT2D eigenvalue weighted by atomic mass is 19.3. The maximum Gasteiger partial charge on any atom is 0.408 e. The Kier molecular flexibility index (Phi) is 6.35. The standard InChI is InChI=1S/C27H31F3N6O2/c1-14(17-7-6-8-18(22(17)28)23(29)30)32-24-19-9-21(31-11-20(19)33-15(2)34-24)36-12-16-10-27(16,13-36)35-25(37)38-26(3,4)5/h6-9,11,14,16,23H,10,12-13H2,1-5H3,(H,35,37)(H,32,33,34)/t14-,16?,27?/m1/s1. The van der Waals surface area contributed by atoms with Gasteiger partial charge in [-0.3, -0.25) is 0 Å². The van der Waals surface area contributed by atoms with Crippen LogP contribution in [0.4, 0.5) is 29.6 Å². The molecule has 3 heterocycles. The molecule has 2 unspecified atom stereocenters. The Labute approximate surface area is 219 Å². The molecule has 1 aliphatic carbocycles. The Hall–Kier alpha value is -3.63. The van der Waals surface area contributed by atoms with Crippen LogP contribution in [-0.4, -0.2) is 45.3 Å². The number of aryl methyl sites for hydroxylation is 1. The minimum atomic E-state index is -2.90. The second kappa shape index (κ2) is 9.28. The number of rotatable bonds is 6. The van der Waals surface area contributed by atoms with Crippen molar-refractivity contribution in [2.45, 2.75) is 64.6 Å². The molecule has 1 saturated carbocycles. The number of carbonyl (C=O) groups is 1. The van der Waals surface area contributed by atoms with Crippen molar-refractivity contribution in [3.63, 3.8) is 0 Å². The summed E-state index contributed by atoms with van der Waals surface area (Å²) in [4.78, 5) is 28.1. The lowest BCUT2D eigenvalue weighted by Gasteiger charge is -2.25. The molecule has 3 atom stereocenters. The molecule has 1 amide bonds. The van der Waals surface area contributed by atoms with Crippen molar-refractivity contribution in [3.05, 3.63) is 53.2 Å². The van der Waals surface area contributed by atoms with Gasteiger partial charge in [-0.25, -0.2) is 32.9 Å². The first-order valence-electron chi connectivity index (χ1n) is 12.6. The van der Waals surface area contributed by atoms with Crippen LogP contribution in [0.25, 0.3) is 10.9 Å². The summed E-state index contributed by atoms with van der Waals surface area (Å²) in [5.74, 6) is 1.01. The molecule has 2 fully saturated rings. The number of piperidine rings is 1. The molecule has 11 heteroatoms. The maximum absolute atomic E-state index is 14.8. The van der Waals surface area contributed by atoms with Crippen molar-refractivity contribution in [1.29, 1.82) is 0 Å². The molecular formula is C27H31F3N6O2. The molecule has 0 spiro atoms. The number of nitrogens with zero attached hydrogens (tertiary/aromatic N) is 4. The van der Waals surface area contributed by atoms with Gasteiger partial charge in [-0.1, -0.05) is 18.2 Å². The van der Waals surface area contributed by atoms with Gasteiger partial charge in [0, 0.05) is 30.0 Å². The predicted molar refractivity (Wildman–Crippen MR) is 138 cm³/mol. The number of pyridine rings is 1. The summed E-state index contributed by atoms with van der Waals surface area (Å²) in [6, 6.07) is 5.22. The summed E-state index contributed by atoms with van der Waals surface area (Å²) in [6.07, 6.45) is -0.796. The van der Waals surface area contributed by atoms with Crippen LogP contribution >= 0.6 is 0 Å². The Morgan fingerprint density at radius 3 is 2.68 bits per heavy atom. The van der Waals surface area contributed by atoms with Crippen LogP contribution in [0.3, 0.4) is 0 Å². The number of benzene rings is 1. The average Bonchev–Trinajstić information content (AvgIpc) is 3.35. The average molecular weight is 529 g/mol. The largest absolute Gasteiger partial charge is 0.444 e. The first-order chi connectivity index (χ1) is 17.8. The zero-order valence-electron chi connectivity index (χ0n) is 22.0. The molecule has 38 heavy (non-hydrogen) atoms. The number of hydrogen-bond donors (Lipinski definition) is 2. The summed E-state index contributed by atoms with van der Waals surface area (Å²) in [6.45, 7) is 10.2. The van der Waals surface area contributed by atoms with Crippen LogP contribution in [0.1, 0.15) is 63.5 Å². The van der Waals surface area contributed by atoms with E-state index in [-0.39, 0.29) is 11.1 Å². The van der Waals surface area contributed by atoms with Crippen molar-refractivity contribution in [2.24, 2.45) is 5.92 Å². The molecule has 1 aliphatic heterocycles. The summed E-state index contributed by atoms with van der Waals surface area (Å²) in [7, 11) is 0. The smallest absolute Gasteiger partial charge is 0.408 e. The first-order valence-corrected chi connectivity index (χ1v) is 12.6. The van der Waals surface area contributed by atoms with E-state index in [2.05, 4.69) is 30.5 Å². The summed E-state index contributed by atoms with van der Waals surface area (Å²) < 4.78 is 46.7. The number of alkyl halides is 2. The number of fused-ring (bicyclic) bond motifs is 2. The molecule has 1 aromatic carbocycles. The van der Waals surface area contributed by atoms with Crippen LogP contribution in [0, 0.1) is 18.7 Å². The van der Waals surface area contributed by atoms with Crippen LogP contribution in [0.5, 0.6) is 0 Å². The fourth-order valence-corrected chi connectivity index (χ4v) is 5.13. The molecular weight excluding hydrogens is 497 g/mol. The lowest BCUT2D eigenvalue weighted by Crippen LogP contribution is -2.44. The van der Waals surface area contributed by atoms with Gasteiger partial charge >= 0.3 is 6.09 Å². The number of ether oxygens (including phenoxy) is 1. The van der Waals surface area contributed by atoms with E-state index in [1.807, 2.05) is 26.8 Å². The van der Waals surface area contributed by atoms with E-state index in [1.165, 1.54) is 12.1 Å². The fraction of sp³-hybridized carbons (Fsp3) is 0.481. The number of nitrogens with one attached hydrogen (secondary N) is 2. The molecule has 5 rings (SSSR count). The monoisotopic (exact) mass is 528 g/mol. The molecule has 0 radical (unpaired) electrons. The van der Waals surface area contributed by atoms with Gasteiger partial charge in [0.2, 0.25) is 0 Å². The minimum absolute atomic E-state index is 0.122. The zero-order valence-corrected chi connectivity index (χ0v) is 22.0. The van der Waals surface area contributed by atoms with Crippen LogP contribution < -0.4 is 15.5 Å². The molecule has 2 aromatic heterocycles. The third kappa shape index (κ3) is 5.06. The lowest BCUT2D eigenvalue weighted by atomic mass is 10.0. The molecule has 0 bridgehead atoms. The summed E-state index contributed by atoms with van der Waals surface area (Å²) in [5.41, 5.74) is -0.829. The van der Waals surface area contributed by atoms with Crippen LogP contribution in [0.2, 0.25) is 0 Å².